The van der Waals surface area contributed by atoms with Gasteiger partial charge in [-0.1, -0.05) is 12.1 Å². The summed E-state index contributed by atoms with van der Waals surface area (Å²) in [4.78, 5) is 22.6. The van der Waals surface area contributed by atoms with Crippen LogP contribution in [0.25, 0.3) is 0 Å². The normalized spacial score (nSPS) is 10.0. The number of benzene rings is 2. The second kappa shape index (κ2) is 7.21. The maximum absolute atomic E-state index is 12.7. The Labute approximate surface area is 127 Å². The average molecular weight is 301 g/mol. The molecule has 0 spiro atoms. The second-order valence-electron chi connectivity index (χ2n) is 4.70. The molecule has 0 atom stereocenters. The Balaban J connectivity index is 1.77. The van der Waals surface area contributed by atoms with Crippen molar-refractivity contribution in [1.29, 1.82) is 0 Å². The molecule has 2 aromatic carbocycles. The maximum atomic E-state index is 12.7. The molecule has 0 aromatic heterocycles. The number of nitrogens with two attached hydrogens (primary N) is 1. The number of hydrogen-bond acceptors (Lipinski definition) is 2. The van der Waals surface area contributed by atoms with E-state index in [1.54, 1.807) is 24.3 Å². The number of urea groups is 1. The van der Waals surface area contributed by atoms with Gasteiger partial charge in [-0.2, -0.15) is 0 Å². The highest BCUT2D eigenvalue weighted by atomic mass is 19.1. The molecule has 0 unspecified atom stereocenters. The van der Waals surface area contributed by atoms with Gasteiger partial charge in [0.25, 0.3) is 0 Å². The molecule has 0 saturated carbocycles. The van der Waals surface area contributed by atoms with Crippen molar-refractivity contribution in [3.63, 3.8) is 0 Å². The first kappa shape index (κ1) is 15.5. The monoisotopic (exact) mass is 301 g/mol. The molecule has 0 radical (unpaired) electrons. The van der Waals surface area contributed by atoms with Crippen LogP contribution in [0.3, 0.4) is 0 Å². The number of rotatable bonds is 5. The van der Waals surface area contributed by atoms with Crippen molar-refractivity contribution in [1.82, 2.24) is 5.32 Å². The summed E-state index contributed by atoms with van der Waals surface area (Å²) in [5, 5.41) is 5.34. The number of amides is 3. The first-order valence-corrected chi connectivity index (χ1v) is 6.74. The molecule has 0 aliphatic heterocycles. The molecule has 0 bridgehead atoms. The van der Waals surface area contributed by atoms with Crippen LogP contribution in [-0.4, -0.2) is 18.5 Å². The van der Waals surface area contributed by atoms with Crippen molar-refractivity contribution >= 4 is 17.6 Å². The lowest BCUT2D eigenvalue weighted by Gasteiger charge is -2.08. The van der Waals surface area contributed by atoms with E-state index in [0.717, 1.165) is 5.56 Å². The molecule has 5 nitrogen and oxygen atoms in total. The Hall–Kier alpha value is -2.89. The van der Waals surface area contributed by atoms with Gasteiger partial charge in [0, 0.05) is 17.8 Å². The summed E-state index contributed by atoms with van der Waals surface area (Å²) in [5.41, 5.74) is 7.01. The van der Waals surface area contributed by atoms with Crippen molar-refractivity contribution < 1.29 is 14.0 Å². The molecule has 0 heterocycles. The topological polar surface area (TPSA) is 84.2 Å². The van der Waals surface area contributed by atoms with Crippen LogP contribution in [0, 0.1) is 5.82 Å². The molecule has 6 heteroatoms. The fraction of sp³-hybridized carbons (Fsp3) is 0.125. The largest absolute Gasteiger partial charge is 0.366 e. The van der Waals surface area contributed by atoms with Crippen LogP contribution < -0.4 is 16.4 Å². The van der Waals surface area contributed by atoms with Crippen LogP contribution in [-0.2, 0) is 6.42 Å². The summed E-state index contributed by atoms with van der Waals surface area (Å²) < 4.78 is 12.7. The molecule has 114 valence electrons. The maximum Gasteiger partial charge on any atom is 0.319 e. The van der Waals surface area contributed by atoms with Crippen molar-refractivity contribution in [2.75, 3.05) is 11.9 Å². The predicted molar refractivity (Wildman–Crippen MR) is 82.1 cm³/mol. The Morgan fingerprint density at radius 3 is 2.23 bits per heavy atom. The molecule has 0 saturated heterocycles. The minimum Gasteiger partial charge on any atom is -0.366 e. The van der Waals surface area contributed by atoms with Gasteiger partial charge in [0.2, 0.25) is 5.91 Å². The molecule has 2 aromatic rings. The van der Waals surface area contributed by atoms with E-state index in [-0.39, 0.29) is 11.8 Å². The second-order valence-corrected chi connectivity index (χ2v) is 4.70. The highest BCUT2D eigenvalue weighted by Crippen LogP contribution is 2.09. The third-order valence-corrected chi connectivity index (χ3v) is 3.04. The molecule has 4 N–H and O–H groups in total. The smallest absolute Gasteiger partial charge is 0.319 e. The molecule has 0 fully saturated rings. The summed E-state index contributed by atoms with van der Waals surface area (Å²) in [7, 11) is 0. The van der Waals surface area contributed by atoms with E-state index >= 15 is 0 Å². The standard InChI is InChI=1S/C16H16FN3O2/c17-13-5-1-11(2-6-13)9-10-19-16(22)20-14-7-3-12(4-8-14)15(18)21/h1-8H,9-10H2,(H2,18,21)(H2,19,20,22). The van der Waals surface area contributed by atoms with Crippen molar-refractivity contribution in [3.8, 4) is 0 Å². The van der Waals surface area contributed by atoms with Crippen LogP contribution in [0.5, 0.6) is 0 Å². The number of carbonyl (C=O) groups excluding carboxylic acids is 2. The van der Waals surface area contributed by atoms with E-state index in [1.807, 2.05) is 0 Å². The van der Waals surface area contributed by atoms with E-state index in [2.05, 4.69) is 10.6 Å². The third kappa shape index (κ3) is 4.59. The van der Waals surface area contributed by atoms with Gasteiger partial charge in [0.05, 0.1) is 0 Å². The van der Waals surface area contributed by atoms with Crippen molar-refractivity contribution in [2.45, 2.75) is 6.42 Å². The van der Waals surface area contributed by atoms with Crippen molar-refractivity contribution in [3.05, 3.63) is 65.5 Å². The summed E-state index contributed by atoms with van der Waals surface area (Å²) in [6.45, 7) is 0.427. The Morgan fingerprint density at radius 1 is 1.00 bits per heavy atom. The lowest BCUT2D eigenvalue weighted by atomic mass is 10.1. The van der Waals surface area contributed by atoms with E-state index < -0.39 is 5.91 Å². The lowest BCUT2D eigenvalue weighted by molar-refractivity contribution is 0.100. The van der Waals surface area contributed by atoms with Gasteiger partial charge in [-0.25, -0.2) is 9.18 Å². The van der Waals surface area contributed by atoms with E-state index in [0.29, 0.717) is 24.2 Å². The number of primary amides is 1. The first-order chi connectivity index (χ1) is 10.5. The highest BCUT2D eigenvalue weighted by Gasteiger charge is 2.03. The summed E-state index contributed by atoms with van der Waals surface area (Å²) >= 11 is 0. The van der Waals surface area contributed by atoms with Gasteiger partial charge in [0.15, 0.2) is 0 Å². The Bertz CT molecular complexity index is 654. The summed E-state index contributed by atoms with van der Waals surface area (Å²) in [6.07, 6.45) is 0.605. The number of halogens is 1. The van der Waals surface area contributed by atoms with Gasteiger partial charge in [-0.15, -0.1) is 0 Å². The minimum absolute atomic E-state index is 0.283. The first-order valence-electron chi connectivity index (χ1n) is 6.74. The predicted octanol–water partition coefficient (Wildman–Crippen LogP) is 2.29. The zero-order chi connectivity index (χ0) is 15.9. The number of carbonyl (C=O) groups is 2. The van der Waals surface area contributed by atoms with E-state index in [9.17, 15) is 14.0 Å². The molecule has 0 aliphatic rings. The Kier molecular flexibility index (Phi) is 5.08. The van der Waals surface area contributed by atoms with Crippen LogP contribution in [0.2, 0.25) is 0 Å². The molecule has 3 amide bonds. The minimum atomic E-state index is -0.518. The van der Waals surface area contributed by atoms with Gasteiger partial charge < -0.3 is 16.4 Å². The van der Waals surface area contributed by atoms with Gasteiger partial charge >= 0.3 is 6.03 Å². The number of hydrogen-bond donors (Lipinski definition) is 3. The molecule has 2 rings (SSSR count). The van der Waals surface area contributed by atoms with E-state index in [4.69, 9.17) is 5.73 Å². The Morgan fingerprint density at radius 2 is 1.64 bits per heavy atom. The van der Waals surface area contributed by atoms with Crippen molar-refractivity contribution in [2.24, 2.45) is 5.73 Å². The molecular formula is C16H16FN3O2. The van der Waals surface area contributed by atoms with E-state index in [1.165, 1.54) is 24.3 Å². The van der Waals surface area contributed by atoms with Gasteiger partial charge in [0.1, 0.15) is 5.82 Å². The molecular weight excluding hydrogens is 285 g/mol. The zero-order valence-corrected chi connectivity index (χ0v) is 11.8. The molecule has 0 aliphatic carbocycles. The van der Waals surface area contributed by atoms with Crippen LogP contribution in [0.1, 0.15) is 15.9 Å². The fourth-order valence-electron chi connectivity index (χ4n) is 1.86. The summed E-state index contributed by atoms with van der Waals surface area (Å²) in [6, 6.07) is 12.0. The van der Waals surface area contributed by atoms with Crippen LogP contribution >= 0.6 is 0 Å². The lowest BCUT2D eigenvalue weighted by Crippen LogP contribution is -2.30. The summed E-state index contributed by atoms with van der Waals surface area (Å²) in [5.74, 6) is -0.802. The number of nitrogens with one attached hydrogen (secondary N) is 2. The van der Waals surface area contributed by atoms with Gasteiger partial charge in [-0.05, 0) is 48.4 Å². The third-order valence-electron chi connectivity index (χ3n) is 3.04. The highest BCUT2D eigenvalue weighted by molar-refractivity contribution is 5.94. The van der Waals surface area contributed by atoms with Crippen LogP contribution in [0.4, 0.5) is 14.9 Å². The van der Waals surface area contributed by atoms with Crippen LogP contribution in [0.15, 0.2) is 48.5 Å². The number of anilines is 1. The van der Waals surface area contributed by atoms with Gasteiger partial charge in [-0.3, -0.25) is 4.79 Å². The fourth-order valence-corrected chi connectivity index (χ4v) is 1.86. The quantitative estimate of drug-likeness (QED) is 0.791. The molecule has 22 heavy (non-hydrogen) atoms. The average Bonchev–Trinajstić information content (AvgIpc) is 2.50. The zero-order valence-electron chi connectivity index (χ0n) is 11.8. The SMILES string of the molecule is NC(=O)c1ccc(NC(=O)NCCc2ccc(F)cc2)cc1.